The first-order chi connectivity index (χ1) is 18.4. The van der Waals surface area contributed by atoms with E-state index >= 15 is 0 Å². The Hall–Kier alpha value is -3.24. The van der Waals surface area contributed by atoms with Gasteiger partial charge in [-0.15, -0.1) is 0 Å². The number of ether oxygens (including phenoxy) is 3. The van der Waals surface area contributed by atoms with Gasteiger partial charge in [0.2, 0.25) is 5.91 Å². The first-order valence-corrected chi connectivity index (χ1v) is 14.0. The highest BCUT2D eigenvalue weighted by Gasteiger charge is 2.22. The monoisotopic (exact) mass is 540 g/mol. The summed E-state index contributed by atoms with van der Waals surface area (Å²) in [6.07, 6.45) is 2.69. The number of amides is 1. The van der Waals surface area contributed by atoms with Gasteiger partial charge in [0.15, 0.2) is 5.82 Å². The molecule has 10 heteroatoms. The van der Waals surface area contributed by atoms with Crippen molar-refractivity contribution in [3.05, 3.63) is 35.4 Å². The number of aryl methyl sites for hydroxylation is 2. The van der Waals surface area contributed by atoms with Crippen molar-refractivity contribution in [1.82, 2.24) is 15.4 Å². The van der Waals surface area contributed by atoms with Gasteiger partial charge in [-0.1, -0.05) is 0 Å². The fourth-order valence-electron chi connectivity index (χ4n) is 4.70. The predicted molar refractivity (Wildman–Crippen MR) is 151 cm³/mol. The molecule has 2 N–H and O–H groups in total. The average molecular weight is 541 g/mol. The number of benzene rings is 2. The van der Waals surface area contributed by atoms with Crippen LogP contribution in [0.15, 0.2) is 24.3 Å². The molecule has 0 aliphatic carbocycles. The van der Waals surface area contributed by atoms with E-state index in [4.69, 9.17) is 29.4 Å². The number of hydroxylamine groups is 1. The number of nitrogens with zero attached hydrogens (tertiary/aromatic N) is 3. The Labute approximate surface area is 227 Å². The lowest BCUT2D eigenvalue weighted by Crippen LogP contribution is -2.33. The van der Waals surface area contributed by atoms with Gasteiger partial charge in [-0.2, -0.15) is 11.8 Å². The van der Waals surface area contributed by atoms with E-state index in [-0.39, 0.29) is 5.91 Å². The molecule has 0 radical (unpaired) electrons. The Morgan fingerprint density at radius 1 is 1.03 bits per heavy atom. The molecular formula is C28H36N4O5S. The van der Waals surface area contributed by atoms with Gasteiger partial charge in [0, 0.05) is 48.7 Å². The van der Waals surface area contributed by atoms with Crippen LogP contribution in [0.2, 0.25) is 0 Å². The summed E-state index contributed by atoms with van der Waals surface area (Å²) >= 11 is 1.96. The molecule has 0 unspecified atom stereocenters. The fraction of sp³-hybridized carbons (Fsp3) is 0.464. The van der Waals surface area contributed by atoms with E-state index in [1.165, 1.54) is 0 Å². The van der Waals surface area contributed by atoms with Gasteiger partial charge in [-0.05, 0) is 56.4 Å². The third-order valence-electron chi connectivity index (χ3n) is 6.62. The van der Waals surface area contributed by atoms with Crippen molar-refractivity contribution < 1.29 is 24.2 Å². The molecule has 204 valence electrons. The molecular weight excluding hydrogens is 504 g/mol. The van der Waals surface area contributed by atoms with Crippen molar-refractivity contribution in [2.24, 2.45) is 0 Å². The van der Waals surface area contributed by atoms with Gasteiger partial charge in [-0.3, -0.25) is 10.0 Å². The van der Waals surface area contributed by atoms with Crippen molar-refractivity contribution in [1.29, 1.82) is 0 Å². The van der Waals surface area contributed by atoms with E-state index in [2.05, 4.69) is 17.0 Å². The fourth-order valence-corrected chi connectivity index (χ4v) is 5.60. The van der Waals surface area contributed by atoms with Crippen molar-refractivity contribution >= 4 is 34.4 Å². The van der Waals surface area contributed by atoms with Gasteiger partial charge < -0.3 is 19.1 Å². The smallest absolute Gasteiger partial charge is 0.243 e. The van der Waals surface area contributed by atoms with Gasteiger partial charge in [0.25, 0.3) is 0 Å². The van der Waals surface area contributed by atoms with Crippen molar-refractivity contribution in [3.63, 3.8) is 0 Å². The molecule has 1 aliphatic rings. The SMILES string of the molecule is COc1cc(OC)c2c(N3CCSCC3)nc(-c3cc(C)c(OCCCCCC(=O)NO)c(C)c3)nc2c1. The molecule has 1 aliphatic heterocycles. The van der Waals surface area contributed by atoms with Gasteiger partial charge in [0.05, 0.1) is 31.7 Å². The van der Waals surface area contributed by atoms with Gasteiger partial charge >= 0.3 is 0 Å². The lowest BCUT2D eigenvalue weighted by Gasteiger charge is -2.29. The number of carbonyl (C=O) groups excluding carboxylic acids is 1. The van der Waals surface area contributed by atoms with Gasteiger partial charge in [0.1, 0.15) is 23.1 Å². The first-order valence-electron chi connectivity index (χ1n) is 12.9. The Balaban J connectivity index is 1.63. The molecule has 4 rings (SSSR count). The Bertz CT molecular complexity index is 1260. The molecule has 1 aromatic heterocycles. The highest BCUT2D eigenvalue weighted by Crippen LogP contribution is 2.39. The molecule has 0 bridgehead atoms. The maximum absolute atomic E-state index is 11.1. The molecule has 1 amide bonds. The van der Waals surface area contributed by atoms with Crippen LogP contribution >= 0.6 is 11.8 Å². The number of thioether (sulfide) groups is 1. The lowest BCUT2D eigenvalue weighted by molar-refractivity contribution is -0.129. The zero-order valence-electron chi connectivity index (χ0n) is 22.5. The Morgan fingerprint density at radius 3 is 2.42 bits per heavy atom. The normalized spacial score (nSPS) is 13.4. The number of unbranched alkanes of at least 4 members (excludes halogenated alkanes) is 2. The maximum Gasteiger partial charge on any atom is 0.243 e. The summed E-state index contributed by atoms with van der Waals surface area (Å²) in [6, 6.07) is 7.96. The number of rotatable bonds is 11. The molecule has 1 saturated heterocycles. The van der Waals surface area contributed by atoms with Crippen molar-refractivity contribution in [3.8, 4) is 28.6 Å². The highest BCUT2D eigenvalue weighted by atomic mass is 32.2. The van der Waals surface area contributed by atoms with Gasteiger partial charge in [-0.25, -0.2) is 15.4 Å². The van der Waals surface area contributed by atoms with E-state index in [1.807, 2.05) is 37.7 Å². The Morgan fingerprint density at radius 2 is 1.76 bits per heavy atom. The minimum Gasteiger partial charge on any atom is -0.497 e. The molecule has 0 saturated carbocycles. The summed E-state index contributed by atoms with van der Waals surface area (Å²) in [5.41, 5.74) is 5.41. The van der Waals surface area contributed by atoms with E-state index in [0.29, 0.717) is 36.8 Å². The highest BCUT2D eigenvalue weighted by molar-refractivity contribution is 7.99. The zero-order valence-corrected chi connectivity index (χ0v) is 23.3. The van der Waals surface area contributed by atoms with Crippen LogP contribution in [0.4, 0.5) is 5.82 Å². The molecule has 2 aromatic carbocycles. The summed E-state index contributed by atoms with van der Waals surface area (Å²) in [5, 5.41) is 9.48. The van der Waals surface area contributed by atoms with Crippen LogP contribution in [-0.4, -0.2) is 66.5 Å². The van der Waals surface area contributed by atoms with Crippen LogP contribution in [0.5, 0.6) is 17.2 Å². The standard InChI is InChI=1S/C28H36N4O5S/c1-18-14-20(15-19(2)26(18)37-11-7-5-6-8-24(33)31-34)27-29-22-16-21(35-3)17-23(36-4)25(22)28(30-27)32-9-12-38-13-10-32/h14-17,34H,5-13H2,1-4H3,(H,31,33). The average Bonchev–Trinajstić information content (AvgIpc) is 2.94. The van der Waals surface area contributed by atoms with E-state index in [9.17, 15) is 4.79 Å². The first kappa shape index (κ1) is 27.8. The second kappa shape index (κ2) is 13.0. The largest absolute Gasteiger partial charge is 0.497 e. The number of hydrogen-bond acceptors (Lipinski definition) is 9. The summed E-state index contributed by atoms with van der Waals surface area (Å²) in [7, 11) is 3.30. The van der Waals surface area contributed by atoms with Crippen LogP contribution in [0.25, 0.3) is 22.3 Å². The minimum atomic E-state index is -0.358. The second-order valence-electron chi connectivity index (χ2n) is 9.33. The van der Waals surface area contributed by atoms with Crippen LogP contribution in [0.3, 0.4) is 0 Å². The molecule has 0 atom stereocenters. The third kappa shape index (κ3) is 6.42. The van der Waals surface area contributed by atoms with Crippen molar-refractivity contribution in [2.75, 3.05) is 50.3 Å². The molecule has 2 heterocycles. The maximum atomic E-state index is 11.1. The quantitative estimate of drug-likeness (QED) is 0.199. The number of carbonyl (C=O) groups is 1. The van der Waals surface area contributed by atoms with Crippen LogP contribution in [0, 0.1) is 13.8 Å². The van der Waals surface area contributed by atoms with Crippen LogP contribution in [-0.2, 0) is 4.79 Å². The topological polar surface area (TPSA) is 106 Å². The third-order valence-corrected chi connectivity index (χ3v) is 7.56. The Kier molecular flexibility index (Phi) is 9.52. The zero-order chi connectivity index (χ0) is 27.1. The lowest BCUT2D eigenvalue weighted by atomic mass is 10.0. The number of methoxy groups -OCH3 is 2. The number of aromatic nitrogens is 2. The molecule has 0 spiro atoms. The summed E-state index contributed by atoms with van der Waals surface area (Å²) in [6.45, 7) is 6.47. The molecule has 3 aromatic rings. The number of hydrogen-bond donors (Lipinski definition) is 2. The number of fused-ring (bicyclic) bond motifs is 1. The summed E-state index contributed by atoms with van der Waals surface area (Å²) in [4.78, 5) is 23.5. The molecule has 38 heavy (non-hydrogen) atoms. The minimum absolute atomic E-state index is 0.311. The predicted octanol–water partition coefficient (Wildman–Crippen LogP) is 4.93. The second-order valence-corrected chi connectivity index (χ2v) is 10.6. The van der Waals surface area contributed by atoms with Crippen LogP contribution in [0.1, 0.15) is 36.8 Å². The van der Waals surface area contributed by atoms with Crippen LogP contribution < -0.4 is 24.6 Å². The number of nitrogens with one attached hydrogen (secondary N) is 1. The molecule has 1 fully saturated rings. The van der Waals surface area contributed by atoms with E-state index < -0.39 is 0 Å². The van der Waals surface area contributed by atoms with Crippen molar-refractivity contribution in [2.45, 2.75) is 39.5 Å². The van der Waals surface area contributed by atoms with E-state index in [1.54, 1.807) is 19.7 Å². The van der Waals surface area contributed by atoms with E-state index in [0.717, 1.165) is 76.6 Å². The molecule has 9 nitrogen and oxygen atoms in total. The summed E-state index contributed by atoms with van der Waals surface area (Å²) in [5.74, 6) is 5.54. The number of anilines is 1. The summed E-state index contributed by atoms with van der Waals surface area (Å²) < 4.78 is 17.4.